The zero-order chi connectivity index (χ0) is 24.1. The summed E-state index contributed by atoms with van der Waals surface area (Å²) in [6.07, 6.45) is -3.22. The number of carbonyl (C=O) groups is 2. The number of benzene rings is 2. The van der Waals surface area contributed by atoms with Crippen LogP contribution in [0.25, 0.3) is 11.3 Å². The molecule has 0 atom stereocenters. The van der Waals surface area contributed by atoms with E-state index in [-0.39, 0.29) is 23.6 Å². The lowest BCUT2D eigenvalue weighted by Gasteiger charge is -2.18. The van der Waals surface area contributed by atoms with Crippen molar-refractivity contribution >= 4 is 23.4 Å². The molecule has 0 unspecified atom stereocenters. The number of hydrogen-bond acceptors (Lipinski definition) is 4. The van der Waals surface area contributed by atoms with E-state index in [1.54, 1.807) is 0 Å². The lowest BCUT2D eigenvalue weighted by atomic mass is 10.0. The number of aromatic hydroxyl groups is 1. The first-order valence-corrected chi connectivity index (χ1v) is 10.1. The van der Waals surface area contributed by atoms with Crippen molar-refractivity contribution < 1.29 is 37.4 Å². The molecular weight excluding hydrogens is 468 g/mol. The Hall–Kier alpha value is -3.40. The Balaban J connectivity index is 1.92. The summed E-state index contributed by atoms with van der Waals surface area (Å²) in [4.78, 5) is 28.6. The molecule has 0 radical (unpaired) electrons. The molecular formula is C22H15ClF4N2O4. The van der Waals surface area contributed by atoms with Crippen LogP contribution in [0.4, 0.5) is 17.6 Å². The number of halogens is 5. The second-order valence-corrected chi connectivity index (χ2v) is 7.86. The molecule has 2 N–H and O–H groups in total. The lowest BCUT2D eigenvalue weighted by Crippen LogP contribution is -2.20. The van der Waals surface area contributed by atoms with Gasteiger partial charge >= 0.3 is 12.1 Å². The van der Waals surface area contributed by atoms with Crippen molar-refractivity contribution in [2.45, 2.75) is 32.0 Å². The number of carboxylic acid groups (broad SMARTS) is 1. The molecule has 4 rings (SSSR count). The molecule has 1 aliphatic rings. The second kappa shape index (κ2) is 8.18. The summed E-state index contributed by atoms with van der Waals surface area (Å²) in [6.45, 7) is 0.260. The highest BCUT2D eigenvalue weighted by atomic mass is 35.5. The van der Waals surface area contributed by atoms with Gasteiger partial charge in [0, 0.05) is 17.8 Å². The summed E-state index contributed by atoms with van der Waals surface area (Å²) in [5.41, 5.74) is -2.57. The van der Waals surface area contributed by atoms with E-state index in [1.807, 2.05) is 0 Å². The van der Waals surface area contributed by atoms with Gasteiger partial charge in [-0.15, -0.1) is 0 Å². The van der Waals surface area contributed by atoms with Gasteiger partial charge in [-0.1, -0.05) is 17.7 Å². The minimum atomic E-state index is -4.85. The van der Waals surface area contributed by atoms with E-state index in [2.05, 4.69) is 4.98 Å². The van der Waals surface area contributed by atoms with Crippen molar-refractivity contribution in [1.82, 2.24) is 9.55 Å². The molecule has 172 valence electrons. The van der Waals surface area contributed by atoms with Crippen LogP contribution in [0.3, 0.4) is 0 Å². The van der Waals surface area contributed by atoms with Crippen molar-refractivity contribution in [1.29, 1.82) is 0 Å². The third kappa shape index (κ3) is 3.84. The number of aromatic nitrogens is 2. The molecule has 33 heavy (non-hydrogen) atoms. The standard InChI is InChI=1S/C22H15ClF4N2O4/c23-13-5-3-4-12(22(25,26)27)15(13)19(31)20-28-17(14-6-1-2-9-29(14)20)10-7-8-11(21(32)33)18(30)16(10)24/h3-5,7-8,30H,1-2,6,9H2,(H,32,33). The number of rotatable bonds is 4. The van der Waals surface area contributed by atoms with Crippen molar-refractivity contribution in [3.05, 3.63) is 69.4 Å². The van der Waals surface area contributed by atoms with Gasteiger partial charge in [0.05, 0.1) is 21.8 Å². The van der Waals surface area contributed by atoms with Gasteiger partial charge < -0.3 is 14.8 Å². The maximum atomic E-state index is 14.9. The molecule has 1 aromatic heterocycles. The number of carboxylic acids is 1. The van der Waals surface area contributed by atoms with Gasteiger partial charge in [0.15, 0.2) is 17.4 Å². The van der Waals surface area contributed by atoms with Crippen LogP contribution in [0.2, 0.25) is 5.02 Å². The molecule has 3 aromatic rings. The van der Waals surface area contributed by atoms with Crippen molar-refractivity contribution in [3.8, 4) is 17.0 Å². The van der Waals surface area contributed by atoms with E-state index in [4.69, 9.17) is 16.7 Å². The van der Waals surface area contributed by atoms with E-state index in [9.17, 15) is 32.3 Å². The number of nitrogens with zero attached hydrogens (tertiary/aromatic N) is 2. The Bertz CT molecular complexity index is 1300. The van der Waals surface area contributed by atoms with Crippen LogP contribution >= 0.6 is 11.6 Å². The number of fused-ring (bicyclic) bond motifs is 1. The van der Waals surface area contributed by atoms with Crippen molar-refractivity contribution in [2.24, 2.45) is 0 Å². The van der Waals surface area contributed by atoms with Crippen molar-refractivity contribution in [3.63, 3.8) is 0 Å². The fraction of sp³-hybridized carbons (Fsp3) is 0.227. The molecule has 0 bridgehead atoms. The first-order valence-electron chi connectivity index (χ1n) is 9.77. The van der Waals surface area contributed by atoms with Gasteiger partial charge in [0.2, 0.25) is 5.78 Å². The number of imidazole rings is 1. The molecule has 2 aromatic carbocycles. The van der Waals surface area contributed by atoms with E-state index in [0.29, 0.717) is 25.0 Å². The number of hydrogen-bond donors (Lipinski definition) is 2. The molecule has 2 heterocycles. The maximum Gasteiger partial charge on any atom is 0.417 e. The molecule has 0 amide bonds. The number of ketones is 1. The lowest BCUT2D eigenvalue weighted by molar-refractivity contribution is -0.137. The largest absolute Gasteiger partial charge is 0.504 e. The first kappa shape index (κ1) is 22.8. The average Bonchev–Trinajstić information content (AvgIpc) is 3.13. The average molecular weight is 483 g/mol. The number of carbonyl (C=O) groups excluding carboxylic acids is 1. The van der Waals surface area contributed by atoms with Gasteiger partial charge in [-0.05, 0) is 43.5 Å². The zero-order valence-electron chi connectivity index (χ0n) is 16.7. The Morgan fingerprint density at radius 3 is 2.52 bits per heavy atom. The molecule has 0 aliphatic carbocycles. The van der Waals surface area contributed by atoms with Crippen LogP contribution < -0.4 is 0 Å². The topological polar surface area (TPSA) is 92.4 Å². The normalized spacial score (nSPS) is 13.6. The number of aromatic carboxylic acids is 1. The van der Waals surface area contributed by atoms with Crippen LogP contribution in [0.15, 0.2) is 30.3 Å². The molecule has 6 nitrogen and oxygen atoms in total. The fourth-order valence-electron chi connectivity index (χ4n) is 3.96. The molecule has 0 fully saturated rings. The number of alkyl halides is 3. The summed E-state index contributed by atoms with van der Waals surface area (Å²) in [5, 5.41) is 18.6. The predicted molar refractivity (Wildman–Crippen MR) is 109 cm³/mol. The summed E-state index contributed by atoms with van der Waals surface area (Å²) >= 11 is 5.97. The Morgan fingerprint density at radius 1 is 1.12 bits per heavy atom. The minimum Gasteiger partial charge on any atom is -0.504 e. The first-order chi connectivity index (χ1) is 15.5. The van der Waals surface area contributed by atoms with E-state index in [1.165, 1.54) is 4.57 Å². The van der Waals surface area contributed by atoms with E-state index in [0.717, 1.165) is 30.3 Å². The van der Waals surface area contributed by atoms with Gasteiger partial charge in [0.1, 0.15) is 5.56 Å². The van der Waals surface area contributed by atoms with E-state index < -0.39 is 51.2 Å². The molecule has 0 saturated heterocycles. The Labute approximate surface area is 189 Å². The quantitative estimate of drug-likeness (QED) is 0.387. The second-order valence-electron chi connectivity index (χ2n) is 7.46. The van der Waals surface area contributed by atoms with E-state index >= 15 is 0 Å². The minimum absolute atomic E-state index is 0.0524. The number of phenols is 1. The van der Waals surface area contributed by atoms with Gasteiger partial charge in [-0.2, -0.15) is 13.2 Å². The van der Waals surface area contributed by atoms with Crippen molar-refractivity contribution in [2.75, 3.05) is 0 Å². The highest BCUT2D eigenvalue weighted by molar-refractivity contribution is 6.35. The van der Waals surface area contributed by atoms with Gasteiger partial charge in [0.25, 0.3) is 0 Å². The van der Waals surface area contributed by atoms with Crippen LogP contribution in [-0.4, -0.2) is 31.5 Å². The molecule has 0 saturated carbocycles. The fourth-order valence-corrected chi connectivity index (χ4v) is 4.22. The monoisotopic (exact) mass is 482 g/mol. The van der Waals surface area contributed by atoms with Crippen LogP contribution in [-0.2, 0) is 19.1 Å². The maximum absolute atomic E-state index is 14.9. The summed E-state index contributed by atoms with van der Waals surface area (Å²) in [5.74, 6) is -5.32. The summed E-state index contributed by atoms with van der Waals surface area (Å²) in [6, 6.07) is 5.06. The van der Waals surface area contributed by atoms with Gasteiger partial charge in [-0.3, -0.25) is 4.79 Å². The molecule has 11 heteroatoms. The molecule has 1 aliphatic heterocycles. The van der Waals surface area contributed by atoms with Crippen LogP contribution in [0.1, 0.15) is 50.6 Å². The van der Waals surface area contributed by atoms with Gasteiger partial charge in [-0.25, -0.2) is 14.2 Å². The third-order valence-corrected chi connectivity index (χ3v) is 5.78. The Morgan fingerprint density at radius 2 is 1.85 bits per heavy atom. The predicted octanol–water partition coefficient (Wildman–Crippen LogP) is 5.33. The molecule has 0 spiro atoms. The third-order valence-electron chi connectivity index (χ3n) is 5.47. The highest BCUT2D eigenvalue weighted by Crippen LogP contribution is 2.39. The Kier molecular flexibility index (Phi) is 5.65. The SMILES string of the molecule is O=C(O)c1ccc(-c2nc(C(=O)c3c(Cl)cccc3C(F)(F)F)n3c2CCCC3)c(F)c1O. The smallest absolute Gasteiger partial charge is 0.417 e. The van der Waals surface area contributed by atoms with Crippen LogP contribution in [0.5, 0.6) is 5.75 Å². The zero-order valence-corrected chi connectivity index (χ0v) is 17.5. The summed E-state index contributed by atoms with van der Waals surface area (Å²) in [7, 11) is 0. The summed E-state index contributed by atoms with van der Waals surface area (Å²) < 4.78 is 57.0. The highest BCUT2D eigenvalue weighted by Gasteiger charge is 2.38. The van der Waals surface area contributed by atoms with Crippen LogP contribution in [0, 0.1) is 5.82 Å².